The average molecular weight is 357 g/mol. The van der Waals surface area contributed by atoms with E-state index in [9.17, 15) is 5.11 Å². The molecule has 1 aromatic carbocycles. The molecule has 0 bridgehead atoms. The Bertz CT molecular complexity index is 564. The molecule has 5 nitrogen and oxygen atoms in total. The summed E-state index contributed by atoms with van der Waals surface area (Å²) < 4.78 is 6.25. The van der Waals surface area contributed by atoms with Gasteiger partial charge in [-0.15, -0.1) is 0 Å². The molecule has 1 aromatic heterocycles. The van der Waals surface area contributed by atoms with Crippen LogP contribution in [0, 0.1) is 3.57 Å². The minimum atomic E-state index is 0.159. The summed E-state index contributed by atoms with van der Waals surface area (Å²) in [6.45, 7) is 1.94. The zero-order valence-electron chi connectivity index (χ0n) is 9.64. The molecule has 0 spiro atoms. The van der Waals surface area contributed by atoms with E-state index in [0.29, 0.717) is 17.4 Å². The Kier molecular flexibility index (Phi) is 3.11. The van der Waals surface area contributed by atoms with E-state index in [2.05, 4.69) is 37.6 Å². The number of halogens is 1. The Morgan fingerprint density at radius 2 is 2.06 bits per heavy atom. The van der Waals surface area contributed by atoms with Gasteiger partial charge in [-0.1, -0.05) is 0 Å². The molecule has 1 aliphatic rings. The molecule has 2 aromatic rings. The number of phenols is 1. The van der Waals surface area contributed by atoms with Gasteiger partial charge in [0.15, 0.2) is 0 Å². The molecule has 18 heavy (non-hydrogen) atoms. The van der Waals surface area contributed by atoms with E-state index in [1.165, 1.54) is 12.8 Å². The zero-order chi connectivity index (χ0) is 12.5. The fourth-order valence-electron chi connectivity index (χ4n) is 2.05. The smallest absolute Gasteiger partial charge is 0.266 e. The van der Waals surface area contributed by atoms with Crippen LogP contribution in [-0.2, 0) is 0 Å². The predicted molar refractivity (Wildman–Crippen MR) is 75.6 cm³/mol. The van der Waals surface area contributed by atoms with Crippen LogP contribution in [0.15, 0.2) is 22.7 Å². The SMILES string of the molecule is Oc1ccc(I)cc1-c1nc(N2CCCC2)no1. The molecule has 0 aliphatic carbocycles. The maximum absolute atomic E-state index is 9.82. The summed E-state index contributed by atoms with van der Waals surface area (Å²) in [5.41, 5.74) is 0.583. The number of aromatic hydroxyl groups is 1. The van der Waals surface area contributed by atoms with E-state index >= 15 is 0 Å². The first kappa shape index (κ1) is 11.8. The minimum absolute atomic E-state index is 0.159. The molecule has 1 N–H and O–H groups in total. The van der Waals surface area contributed by atoms with Gasteiger partial charge in [-0.05, 0) is 58.8 Å². The largest absolute Gasteiger partial charge is 0.507 e. The van der Waals surface area contributed by atoms with E-state index in [1.54, 1.807) is 6.07 Å². The monoisotopic (exact) mass is 357 g/mol. The van der Waals surface area contributed by atoms with E-state index < -0.39 is 0 Å². The summed E-state index contributed by atoms with van der Waals surface area (Å²) in [5.74, 6) is 1.14. The van der Waals surface area contributed by atoms with Crippen LogP contribution in [0.3, 0.4) is 0 Å². The Balaban J connectivity index is 1.94. The summed E-state index contributed by atoms with van der Waals surface area (Å²) in [4.78, 5) is 6.44. The van der Waals surface area contributed by atoms with Gasteiger partial charge in [-0.2, -0.15) is 4.98 Å². The maximum Gasteiger partial charge on any atom is 0.266 e. The lowest BCUT2D eigenvalue weighted by Gasteiger charge is -2.09. The third kappa shape index (κ3) is 2.16. The van der Waals surface area contributed by atoms with Gasteiger partial charge >= 0.3 is 0 Å². The molecular formula is C12H12IN3O2. The summed E-state index contributed by atoms with van der Waals surface area (Å²) in [5, 5.41) is 13.8. The number of nitrogens with zero attached hydrogens (tertiary/aromatic N) is 3. The van der Waals surface area contributed by atoms with Crippen molar-refractivity contribution in [3.63, 3.8) is 0 Å². The third-order valence-electron chi connectivity index (χ3n) is 2.99. The second-order valence-electron chi connectivity index (χ2n) is 4.26. The topological polar surface area (TPSA) is 62.4 Å². The second-order valence-corrected chi connectivity index (χ2v) is 5.50. The molecule has 2 heterocycles. The number of hydrogen-bond acceptors (Lipinski definition) is 5. The standard InChI is InChI=1S/C12H12IN3O2/c13-8-3-4-10(17)9(7-8)11-14-12(15-18-11)16-5-1-2-6-16/h3-4,7,17H,1-2,5-6H2. The van der Waals surface area contributed by atoms with Crippen molar-refractivity contribution in [2.24, 2.45) is 0 Å². The van der Waals surface area contributed by atoms with E-state index in [-0.39, 0.29) is 5.75 Å². The summed E-state index contributed by atoms with van der Waals surface area (Å²) in [6.07, 6.45) is 2.33. The Labute approximate surface area is 118 Å². The maximum atomic E-state index is 9.82. The first-order valence-electron chi connectivity index (χ1n) is 5.81. The lowest BCUT2D eigenvalue weighted by molar-refractivity contribution is 0.424. The third-order valence-corrected chi connectivity index (χ3v) is 3.66. The van der Waals surface area contributed by atoms with Gasteiger partial charge in [0.05, 0.1) is 5.56 Å². The van der Waals surface area contributed by atoms with Crippen molar-refractivity contribution in [1.29, 1.82) is 0 Å². The van der Waals surface area contributed by atoms with Gasteiger partial charge in [0, 0.05) is 16.7 Å². The lowest BCUT2D eigenvalue weighted by Crippen LogP contribution is -2.18. The quantitative estimate of drug-likeness (QED) is 0.838. The number of hydrogen-bond donors (Lipinski definition) is 1. The van der Waals surface area contributed by atoms with Crippen molar-refractivity contribution in [2.45, 2.75) is 12.8 Å². The van der Waals surface area contributed by atoms with E-state index in [0.717, 1.165) is 16.7 Å². The van der Waals surface area contributed by atoms with Crippen molar-refractivity contribution < 1.29 is 9.63 Å². The highest BCUT2D eigenvalue weighted by Crippen LogP contribution is 2.30. The summed E-state index contributed by atoms with van der Waals surface area (Å²) in [6, 6.07) is 5.30. The molecular weight excluding hydrogens is 345 g/mol. The van der Waals surface area contributed by atoms with Gasteiger partial charge in [0.25, 0.3) is 11.8 Å². The Hall–Kier alpha value is -1.31. The summed E-state index contributed by atoms with van der Waals surface area (Å²) in [7, 11) is 0. The van der Waals surface area contributed by atoms with Crippen LogP contribution in [0.4, 0.5) is 5.95 Å². The van der Waals surface area contributed by atoms with E-state index in [1.807, 2.05) is 12.1 Å². The fourth-order valence-corrected chi connectivity index (χ4v) is 2.54. The molecule has 0 saturated carbocycles. The fraction of sp³-hybridized carbons (Fsp3) is 0.333. The Morgan fingerprint density at radius 3 is 2.83 bits per heavy atom. The highest BCUT2D eigenvalue weighted by molar-refractivity contribution is 14.1. The molecule has 0 atom stereocenters. The predicted octanol–water partition coefficient (Wildman–Crippen LogP) is 2.65. The first-order chi connectivity index (χ1) is 8.74. The lowest BCUT2D eigenvalue weighted by atomic mass is 10.2. The van der Waals surface area contributed by atoms with Gasteiger partial charge in [-0.3, -0.25) is 0 Å². The molecule has 1 saturated heterocycles. The van der Waals surface area contributed by atoms with Crippen LogP contribution in [0.5, 0.6) is 5.75 Å². The molecule has 94 valence electrons. The molecule has 1 fully saturated rings. The van der Waals surface area contributed by atoms with Crippen LogP contribution in [0.25, 0.3) is 11.5 Å². The highest BCUT2D eigenvalue weighted by Gasteiger charge is 2.19. The van der Waals surface area contributed by atoms with Gasteiger partial charge in [-0.25, -0.2) is 0 Å². The number of benzene rings is 1. The van der Waals surface area contributed by atoms with Crippen molar-refractivity contribution >= 4 is 28.5 Å². The molecule has 0 unspecified atom stereocenters. The second kappa shape index (κ2) is 4.75. The number of rotatable bonds is 2. The van der Waals surface area contributed by atoms with Crippen molar-refractivity contribution in [1.82, 2.24) is 10.1 Å². The highest BCUT2D eigenvalue weighted by atomic mass is 127. The van der Waals surface area contributed by atoms with Crippen LogP contribution in [0.2, 0.25) is 0 Å². The number of phenolic OH excluding ortho intramolecular Hbond substituents is 1. The van der Waals surface area contributed by atoms with Gasteiger partial charge < -0.3 is 14.5 Å². The minimum Gasteiger partial charge on any atom is -0.507 e. The van der Waals surface area contributed by atoms with Gasteiger partial charge in [0.1, 0.15) is 5.75 Å². The molecule has 0 amide bonds. The Morgan fingerprint density at radius 1 is 1.28 bits per heavy atom. The first-order valence-corrected chi connectivity index (χ1v) is 6.89. The van der Waals surface area contributed by atoms with Crippen LogP contribution in [0.1, 0.15) is 12.8 Å². The number of aromatic nitrogens is 2. The summed E-state index contributed by atoms with van der Waals surface area (Å²) >= 11 is 2.18. The van der Waals surface area contributed by atoms with Crippen LogP contribution < -0.4 is 4.90 Å². The molecule has 0 radical (unpaired) electrons. The molecule has 1 aliphatic heterocycles. The molecule has 6 heteroatoms. The average Bonchev–Trinajstić information content (AvgIpc) is 3.00. The van der Waals surface area contributed by atoms with Crippen molar-refractivity contribution in [2.75, 3.05) is 18.0 Å². The zero-order valence-corrected chi connectivity index (χ0v) is 11.8. The van der Waals surface area contributed by atoms with Crippen molar-refractivity contribution in [3.8, 4) is 17.2 Å². The van der Waals surface area contributed by atoms with Crippen LogP contribution in [-0.4, -0.2) is 28.3 Å². The normalized spacial score (nSPS) is 15.3. The van der Waals surface area contributed by atoms with Gasteiger partial charge in [0.2, 0.25) is 0 Å². The number of anilines is 1. The molecule has 3 rings (SSSR count). The van der Waals surface area contributed by atoms with Crippen molar-refractivity contribution in [3.05, 3.63) is 21.8 Å². The van der Waals surface area contributed by atoms with E-state index in [4.69, 9.17) is 4.52 Å². The van der Waals surface area contributed by atoms with Crippen LogP contribution >= 0.6 is 22.6 Å².